The number of carbonyl (C=O) groups is 1. The van der Waals surface area contributed by atoms with E-state index in [1.54, 1.807) is 24.3 Å². The van der Waals surface area contributed by atoms with Gasteiger partial charge in [-0.15, -0.1) is 0 Å². The molecule has 0 fully saturated rings. The largest absolute Gasteiger partial charge is 0.480 e. The lowest BCUT2D eigenvalue weighted by Gasteiger charge is -2.11. The van der Waals surface area contributed by atoms with E-state index in [0.717, 1.165) is 17.3 Å². The summed E-state index contributed by atoms with van der Waals surface area (Å²) < 4.78 is 27.5. The lowest BCUT2D eigenvalue weighted by Crippen LogP contribution is -2.32. The molecule has 0 saturated heterocycles. The number of alkyl halides is 1. The molecule has 0 unspecified atom stereocenters. The Morgan fingerprint density at radius 3 is 2.68 bits per heavy atom. The SMILES string of the molecule is N[C@@H](Cc1cccc(NS(=O)(=O)CCCCCI)c1)C(=O)O. The first-order valence-electron chi connectivity index (χ1n) is 6.98. The van der Waals surface area contributed by atoms with Crippen LogP contribution in [0.3, 0.4) is 0 Å². The molecule has 22 heavy (non-hydrogen) atoms. The Labute approximate surface area is 144 Å². The predicted molar refractivity (Wildman–Crippen MR) is 95.9 cm³/mol. The molecule has 1 aromatic carbocycles. The van der Waals surface area contributed by atoms with Gasteiger partial charge in [0.05, 0.1) is 5.75 Å². The summed E-state index contributed by atoms with van der Waals surface area (Å²) >= 11 is 2.27. The first-order chi connectivity index (χ1) is 10.3. The average Bonchev–Trinajstić information content (AvgIpc) is 2.43. The third-order valence-corrected chi connectivity index (χ3v) is 5.16. The van der Waals surface area contributed by atoms with Crippen molar-refractivity contribution < 1.29 is 18.3 Å². The highest BCUT2D eigenvalue weighted by Gasteiger charge is 2.14. The summed E-state index contributed by atoms with van der Waals surface area (Å²) in [6.45, 7) is 0. The fraction of sp³-hybridized carbons (Fsp3) is 0.500. The second-order valence-electron chi connectivity index (χ2n) is 5.02. The van der Waals surface area contributed by atoms with E-state index in [-0.39, 0.29) is 12.2 Å². The molecule has 124 valence electrons. The Kier molecular flexibility index (Phi) is 8.12. The third kappa shape index (κ3) is 7.41. The number of benzene rings is 1. The topological polar surface area (TPSA) is 109 Å². The van der Waals surface area contributed by atoms with Crippen LogP contribution in [0.2, 0.25) is 0 Å². The van der Waals surface area contributed by atoms with E-state index in [0.29, 0.717) is 17.7 Å². The summed E-state index contributed by atoms with van der Waals surface area (Å²) in [5.41, 5.74) is 6.60. The maximum absolute atomic E-state index is 12.0. The number of rotatable bonds is 10. The smallest absolute Gasteiger partial charge is 0.320 e. The van der Waals surface area contributed by atoms with Gasteiger partial charge in [0, 0.05) is 5.69 Å². The molecular weight excluding hydrogens is 419 g/mol. The van der Waals surface area contributed by atoms with Gasteiger partial charge in [0.25, 0.3) is 0 Å². The van der Waals surface area contributed by atoms with Crippen LogP contribution in [-0.4, -0.2) is 35.7 Å². The molecule has 0 spiro atoms. The zero-order valence-electron chi connectivity index (χ0n) is 12.2. The minimum atomic E-state index is -3.38. The van der Waals surface area contributed by atoms with Crippen molar-refractivity contribution >= 4 is 44.3 Å². The van der Waals surface area contributed by atoms with E-state index in [1.807, 2.05) is 0 Å². The molecule has 0 saturated carbocycles. The van der Waals surface area contributed by atoms with Crippen molar-refractivity contribution in [3.8, 4) is 0 Å². The molecule has 1 aromatic rings. The summed E-state index contributed by atoms with van der Waals surface area (Å²) in [6, 6.07) is 5.66. The minimum Gasteiger partial charge on any atom is -0.480 e. The van der Waals surface area contributed by atoms with Gasteiger partial charge >= 0.3 is 5.97 Å². The van der Waals surface area contributed by atoms with E-state index in [4.69, 9.17) is 10.8 Å². The number of nitrogens with two attached hydrogens (primary N) is 1. The Balaban J connectivity index is 2.63. The maximum Gasteiger partial charge on any atom is 0.320 e. The zero-order chi connectivity index (χ0) is 16.6. The second-order valence-corrected chi connectivity index (χ2v) is 7.94. The quantitative estimate of drug-likeness (QED) is 0.293. The summed E-state index contributed by atoms with van der Waals surface area (Å²) in [5.74, 6) is -0.996. The fourth-order valence-corrected chi connectivity index (χ4v) is 3.61. The molecule has 0 amide bonds. The number of carboxylic acids is 1. The van der Waals surface area contributed by atoms with Gasteiger partial charge in [-0.1, -0.05) is 41.1 Å². The fourth-order valence-electron chi connectivity index (χ4n) is 1.90. The molecule has 0 aliphatic carbocycles. The molecule has 0 heterocycles. The van der Waals surface area contributed by atoms with Gasteiger partial charge < -0.3 is 10.8 Å². The van der Waals surface area contributed by atoms with E-state index < -0.39 is 22.0 Å². The van der Waals surface area contributed by atoms with Crippen LogP contribution in [0.1, 0.15) is 24.8 Å². The number of hydrogen-bond donors (Lipinski definition) is 3. The lowest BCUT2D eigenvalue weighted by molar-refractivity contribution is -0.138. The standard InChI is InChI=1S/C14H21IN2O4S/c15-7-2-1-3-8-22(20,21)17-12-6-4-5-11(9-12)10-13(16)14(18)19/h4-6,9,13,17H,1-3,7-8,10,16H2,(H,18,19)/t13-/m0/s1. The van der Waals surface area contributed by atoms with Crippen molar-refractivity contribution in [2.75, 3.05) is 14.9 Å². The summed E-state index contributed by atoms with van der Waals surface area (Å²) in [6.07, 6.45) is 2.68. The zero-order valence-corrected chi connectivity index (χ0v) is 15.1. The van der Waals surface area contributed by atoms with Crippen LogP contribution in [-0.2, 0) is 21.2 Å². The van der Waals surface area contributed by atoms with Gasteiger partial charge in [-0.2, -0.15) is 0 Å². The average molecular weight is 440 g/mol. The van der Waals surface area contributed by atoms with Gasteiger partial charge in [0.2, 0.25) is 10.0 Å². The van der Waals surface area contributed by atoms with E-state index in [2.05, 4.69) is 27.3 Å². The van der Waals surface area contributed by atoms with Crippen molar-refractivity contribution in [3.05, 3.63) is 29.8 Å². The highest BCUT2D eigenvalue weighted by molar-refractivity contribution is 14.1. The molecular formula is C14H21IN2O4S. The Hall–Kier alpha value is -0.870. The molecule has 0 bridgehead atoms. The third-order valence-electron chi connectivity index (χ3n) is 3.02. The summed E-state index contributed by atoms with van der Waals surface area (Å²) in [7, 11) is -3.38. The van der Waals surface area contributed by atoms with Gasteiger partial charge in [-0.3, -0.25) is 9.52 Å². The lowest BCUT2D eigenvalue weighted by atomic mass is 10.1. The van der Waals surface area contributed by atoms with Crippen LogP contribution < -0.4 is 10.5 Å². The highest BCUT2D eigenvalue weighted by Crippen LogP contribution is 2.14. The van der Waals surface area contributed by atoms with Crippen molar-refractivity contribution in [3.63, 3.8) is 0 Å². The molecule has 0 aromatic heterocycles. The number of carboxylic acid groups (broad SMARTS) is 1. The number of halogens is 1. The van der Waals surface area contributed by atoms with Gasteiger partial charge in [-0.25, -0.2) is 8.42 Å². The second kappa shape index (κ2) is 9.31. The molecule has 8 heteroatoms. The molecule has 1 rings (SSSR count). The highest BCUT2D eigenvalue weighted by atomic mass is 127. The van der Waals surface area contributed by atoms with E-state index in [1.165, 1.54) is 0 Å². The van der Waals surface area contributed by atoms with Crippen molar-refractivity contribution in [1.82, 2.24) is 0 Å². The van der Waals surface area contributed by atoms with Crippen LogP contribution in [0, 0.1) is 0 Å². The minimum absolute atomic E-state index is 0.0858. The molecule has 0 radical (unpaired) electrons. The van der Waals surface area contributed by atoms with Crippen molar-refractivity contribution in [2.24, 2.45) is 5.73 Å². The number of anilines is 1. The monoisotopic (exact) mass is 440 g/mol. The van der Waals surface area contributed by atoms with Gasteiger partial charge in [-0.05, 0) is 41.4 Å². The predicted octanol–water partition coefficient (Wildman–Crippen LogP) is 1.99. The number of nitrogens with one attached hydrogen (secondary N) is 1. The molecule has 4 N–H and O–H groups in total. The summed E-state index contributed by atoms with van der Waals surface area (Å²) in [5, 5.41) is 8.80. The van der Waals surface area contributed by atoms with Crippen LogP contribution in [0.4, 0.5) is 5.69 Å². The molecule has 0 aliphatic heterocycles. The van der Waals surface area contributed by atoms with Gasteiger partial charge in [0.1, 0.15) is 6.04 Å². The molecule has 6 nitrogen and oxygen atoms in total. The first-order valence-corrected chi connectivity index (χ1v) is 10.2. The molecule has 1 atom stereocenters. The number of hydrogen-bond acceptors (Lipinski definition) is 4. The first kappa shape index (κ1) is 19.2. The number of unbranched alkanes of at least 4 members (excludes halogenated alkanes) is 2. The number of sulfonamides is 1. The summed E-state index contributed by atoms with van der Waals surface area (Å²) in [4.78, 5) is 10.8. The van der Waals surface area contributed by atoms with Crippen LogP contribution in [0.5, 0.6) is 0 Å². The van der Waals surface area contributed by atoms with Crippen molar-refractivity contribution in [2.45, 2.75) is 31.7 Å². The van der Waals surface area contributed by atoms with E-state index >= 15 is 0 Å². The normalized spacial score (nSPS) is 12.8. The maximum atomic E-state index is 12.0. The van der Waals surface area contributed by atoms with Crippen LogP contribution >= 0.6 is 22.6 Å². The Bertz CT molecular complexity index is 592. The van der Waals surface area contributed by atoms with Crippen molar-refractivity contribution in [1.29, 1.82) is 0 Å². The Morgan fingerprint density at radius 1 is 1.32 bits per heavy atom. The number of aliphatic carboxylic acids is 1. The van der Waals surface area contributed by atoms with Gasteiger partial charge in [0.15, 0.2) is 0 Å². The molecule has 0 aliphatic rings. The van der Waals surface area contributed by atoms with Crippen LogP contribution in [0.25, 0.3) is 0 Å². The van der Waals surface area contributed by atoms with Crippen LogP contribution in [0.15, 0.2) is 24.3 Å². The van der Waals surface area contributed by atoms with E-state index in [9.17, 15) is 13.2 Å². The Morgan fingerprint density at radius 2 is 2.05 bits per heavy atom.